The third kappa shape index (κ3) is 5.93. The van der Waals surface area contributed by atoms with E-state index in [-0.39, 0.29) is 6.54 Å². The lowest BCUT2D eigenvalue weighted by Crippen LogP contribution is -2.40. The highest BCUT2D eigenvalue weighted by Crippen LogP contribution is 2.10. The first-order chi connectivity index (χ1) is 6.78. The van der Waals surface area contributed by atoms with E-state index >= 15 is 0 Å². The van der Waals surface area contributed by atoms with Crippen molar-refractivity contribution in [1.29, 1.82) is 0 Å². The molecule has 0 radical (unpaired) electrons. The molecule has 0 aliphatic heterocycles. The Morgan fingerprint density at radius 1 is 1.33 bits per heavy atom. The number of imide groups is 1. The van der Waals surface area contributed by atoms with Gasteiger partial charge < -0.3 is 9.84 Å². The van der Waals surface area contributed by atoms with Crippen molar-refractivity contribution < 1.29 is 19.4 Å². The minimum atomic E-state index is -1.27. The second-order valence-electron chi connectivity index (χ2n) is 4.27. The quantitative estimate of drug-likeness (QED) is 0.789. The third-order valence-electron chi connectivity index (χ3n) is 1.58. The molecule has 0 aliphatic rings. The largest absolute Gasteiger partial charge is 0.465 e. The third-order valence-corrected chi connectivity index (χ3v) is 1.58. The Morgan fingerprint density at radius 3 is 2.20 bits per heavy atom. The Balaban J connectivity index is 4.36. The molecule has 5 heteroatoms. The van der Waals surface area contributed by atoms with Crippen molar-refractivity contribution in [3.63, 3.8) is 0 Å². The van der Waals surface area contributed by atoms with Crippen LogP contribution in [-0.2, 0) is 4.74 Å². The highest BCUT2D eigenvalue weighted by molar-refractivity contribution is 5.86. The summed E-state index contributed by atoms with van der Waals surface area (Å²) in [7, 11) is 0. The Labute approximate surface area is 90.0 Å². The molecular weight excluding hydrogens is 198 g/mol. The molecule has 0 fully saturated rings. The van der Waals surface area contributed by atoms with E-state index in [4.69, 9.17) is 9.84 Å². The summed E-state index contributed by atoms with van der Waals surface area (Å²) in [4.78, 5) is 22.9. The Kier molecular flexibility index (Phi) is 5.11. The van der Waals surface area contributed by atoms with Gasteiger partial charge in [-0.2, -0.15) is 0 Å². The van der Waals surface area contributed by atoms with Crippen LogP contribution in [0.15, 0.2) is 0 Å². The molecule has 0 atom stereocenters. The van der Waals surface area contributed by atoms with Crippen LogP contribution >= 0.6 is 0 Å². The molecular formula is C10H19NO4. The van der Waals surface area contributed by atoms with Crippen molar-refractivity contribution >= 4 is 12.2 Å². The van der Waals surface area contributed by atoms with E-state index in [9.17, 15) is 9.59 Å². The summed E-state index contributed by atoms with van der Waals surface area (Å²) in [6.45, 7) is 7.20. The minimum absolute atomic E-state index is 0.181. The highest BCUT2D eigenvalue weighted by Gasteiger charge is 2.26. The Bertz CT molecular complexity index is 232. The van der Waals surface area contributed by atoms with Crippen molar-refractivity contribution in [2.24, 2.45) is 0 Å². The molecule has 0 heterocycles. The van der Waals surface area contributed by atoms with Gasteiger partial charge >= 0.3 is 12.2 Å². The molecule has 0 unspecified atom stereocenters. The summed E-state index contributed by atoms with van der Waals surface area (Å²) in [5, 5.41) is 8.79. The lowest BCUT2D eigenvalue weighted by molar-refractivity contribution is 0.0268. The number of amides is 2. The molecule has 0 rings (SSSR count). The van der Waals surface area contributed by atoms with Gasteiger partial charge in [0.25, 0.3) is 0 Å². The van der Waals surface area contributed by atoms with Crippen molar-refractivity contribution in [3.8, 4) is 0 Å². The summed E-state index contributed by atoms with van der Waals surface area (Å²) in [6, 6.07) is 0. The molecule has 0 aromatic heterocycles. The summed E-state index contributed by atoms with van der Waals surface area (Å²) in [5.74, 6) is 0. The summed E-state index contributed by atoms with van der Waals surface area (Å²) < 4.78 is 4.96. The van der Waals surface area contributed by atoms with Gasteiger partial charge in [-0.1, -0.05) is 13.3 Å². The normalized spacial score (nSPS) is 10.9. The van der Waals surface area contributed by atoms with Crippen LogP contribution in [0.4, 0.5) is 9.59 Å². The van der Waals surface area contributed by atoms with E-state index in [0.29, 0.717) is 11.3 Å². The molecule has 0 bridgehead atoms. The molecule has 5 nitrogen and oxygen atoms in total. The standard InChI is InChI=1S/C10H19NO4/c1-5-6-7-11(8(12)13)9(14)15-10(2,3)4/h5-7H2,1-4H3,(H,12,13). The number of nitrogens with zero attached hydrogens (tertiary/aromatic N) is 1. The van der Waals surface area contributed by atoms with Crippen molar-refractivity contribution in [2.45, 2.75) is 46.1 Å². The van der Waals surface area contributed by atoms with E-state index in [1.54, 1.807) is 20.8 Å². The molecule has 0 saturated heterocycles. The van der Waals surface area contributed by atoms with Gasteiger partial charge in [-0.05, 0) is 27.2 Å². The van der Waals surface area contributed by atoms with Crippen LogP contribution in [0.25, 0.3) is 0 Å². The second kappa shape index (κ2) is 5.58. The summed E-state index contributed by atoms with van der Waals surface area (Å²) in [6.07, 6.45) is -0.598. The maximum atomic E-state index is 11.4. The smallest absolute Gasteiger partial charge is 0.419 e. The predicted molar refractivity (Wildman–Crippen MR) is 55.9 cm³/mol. The van der Waals surface area contributed by atoms with Gasteiger partial charge in [-0.3, -0.25) is 0 Å². The fourth-order valence-corrected chi connectivity index (χ4v) is 0.898. The number of hydrogen-bond donors (Lipinski definition) is 1. The van der Waals surface area contributed by atoms with Gasteiger partial charge in [0, 0.05) is 6.54 Å². The fraction of sp³-hybridized carbons (Fsp3) is 0.800. The predicted octanol–water partition coefficient (Wildman–Crippen LogP) is 2.70. The molecule has 2 amide bonds. The van der Waals surface area contributed by atoms with Gasteiger partial charge in [0.05, 0.1) is 0 Å². The zero-order valence-corrected chi connectivity index (χ0v) is 9.74. The van der Waals surface area contributed by atoms with Gasteiger partial charge in [0.15, 0.2) is 0 Å². The Hall–Kier alpha value is -1.26. The van der Waals surface area contributed by atoms with Crippen LogP contribution in [-0.4, -0.2) is 34.3 Å². The van der Waals surface area contributed by atoms with E-state index < -0.39 is 17.8 Å². The SMILES string of the molecule is CCCCN(C(=O)O)C(=O)OC(C)(C)C. The molecule has 88 valence electrons. The topological polar surface area (TPSA) is 66.8 Å². The minimum Gasteiger partial charge on any atom is -0.465 e. The van der Waals surface area contributed by atoms with Crippen molar-refractivity contribution in [3.05, 3.63) is 0 Å². The number of unbranched alkanes of at least 4 members (excludes halogenated alkanes) is 1. The van der Waals surface area contributed by atoms with Gasteiger partial charge in [0.2, 0.25) is 0 Å². The Morgan fingerprint density at radius 2 is 1.87 bits per heavy atom. The van der Waals surface area contributed by atoms with Crippen LogP contribution in [0.5, 0.6) is 0 Å². The first-order valence-electron chi connectivity index (χ1n) is 5.01. The molecule has 1 N–H and O–H groups in total. The second-order valence-corrected chi connectivity index (χ2v) is 4.27. The maximum Gasteiger partial charge on any atom is 0.419 e. The van der Waals surface area contributed by atoms with E-state index in [1.807, 2.05) is 6.92 Å². The number of carboxylic acid groups (broad SMARTS) is 1. The average Bonchev–Trinajstić information content (AvgIpc) is 2.00. The van der Waals surface area contributed by atoms with Crippen LogP contribution in [0.1, 0.15) is 40.5 Å². The lowest BCUT2D eigenvalue weighted by atomic mass is 10.2. The van der Waals surface area contributed by atoms with E-state index in [2.05, 4.69) is 0 Å². The molecule has 0 aromatic carbocycles. The molecule has 15 heavy (non-hydrogen) atoms. The van der Waals surface area contributed by atoms with Crippen LogP contribution < -0.4 is 0 Å². The van der Waals surface area contributed by atoms with Crippen LogP contribution in [0.3, 0.4) is 0 Å². The first kappa shape index (κ1) is 13.7. The highest BCUT2D eigenvalue weighted by atomic mass is 16.6. The number of carbonyl (C=O) groups excluding carboxylic acids is 1. The first-order valence-corrected chi connectivity index (χ1v) is 5.01. The zero-order valence-electron chi connectivity index (χ0n) is 9.74. The maximum absolute atomic E-state index is 11.4. The number of carbonyl (C=O) groups is 2. The summed E-state index contributed by atoms with van der Waals surface area (Å²) in [5.41, 5.74) is -0.670. The van der Waals surface area contributed by atoms with Crippen molar-refractivity contribution in [1.82, 2.24) is 4.90 Å². The average molecular weight is 217 g/mol. The zero-order chi connectivity index (χ0) is 12.1. The molecule has 0 saturated carbocycles. The summed E-state index contributed by atoms with van der Waals surface area (Å²) >= 11 is 0. The van der Waals surface area contributed by atoms with Gasteiger partial charge in [0.1, 0.15) is 5.60 Å². The van der Waals surface area contributed by atoms with Gasteiger partial charge in [-0.15, -0.1) is 0 Å². The van der Waals surface area contributed by atoms with Gasteiger partial charge in [-0.25, -0.2) is 14.5 Å². The number of ether oxygens (including phenoxy) is 1. The van der Waals surface area contributed by atoms with E-state index in [0.717, 1.165) is 6.42 Å². The fourth-order valence-electron chi connectivity index (χ4n) is 0.898. The number of rotatable bonds is 3. The molecule has 0 aromatic rings. The molecule has 0 aliphatic carbocycles. The number of hydrogen-bond acceptors (Lipinski definition) is 3. The van der Waals surface area contributed by atoms with Crippen LogP contribution in [0.2, 0.25) is 0 Å². The van der Waals surface area contributed by atoms with Crippen molar-refractivity contribution in [2.75, 3.05) is 6.54 Å². The lowest BCUT2D eigenvalue weighted by Gasteiger charge is -2.24. The van der Waals surface area contributed by atoms with Crippen LogP contribution in [0, 0.1) is 0 Å². The molecule has 0 spiro atoms. The monoisotopic (exact) mass is 217 g/mol. The van der Waals surface area contributed by atoms with E-state index in [1.165, 1.54) is 0 Å².